The Morgan fingerprint density at radius 3 is 2.92 bits per heavy atom. The Balaban J connectivity index is 1.27. The number of aromatic nitrogens is 5. The smallest absolute Gasteiger partial charge is 0.146 e. The predicted octanol–water partition coefficient (Wildman–Crippen LogP) is 1.70. The molecule has 1 aromatic carbocycles. The number of rotatable bonds is 6. The molecule has 1 unspecified atom stereocenters. The van der Waals surface area contributed by atoms with Gasteiger partial charge in [-0.05, 0) is 24.1 Å². The molecule has 0 bridgehead atoms. The van der Waals surface area contributed by atoms with Crippen molar-refractivity contribution in [1.82, 2.24) is 29.6 Å². The molecule has 1 aliphatic heterocycles. The summed E-state index contributed by atoms with van der Waals surface area (Å²) in [5.74, 6) is 2.86. The lowest BCUT2D eigenvalue weighted by molar-refractivity contribution is 0.291. The van der Waals surface area contributed by atoms with Crippen LogP contribution in [0.15, 0.2) is 43.0 Å². The summed E-state index contributed by atoms with van der Waals surface area (Å²) >= 11 is 0. The van der Waals surface area contributed by atoms with Crippen molar-refractivity contribution < 1.29 is 4.74 Å². The highest BCUT2D eigenvalue weighted by Gasteiger charge is 2.19. The van der Waals surface area contributed by atoms with Crippen LogP contribution in [0.25, 0.3) is 0 Å². The number of hydrogen-bond donors (Lipinski definition) is 1. The van der Waals surface area contributed by atoms with E-state index in [9.17, 15) is 0 Å². The molecule has 1 aliphatic rings. The van der Waals surface area contributed by atoms with Crippen LogP contribution in [0, 0.1) is 0 Å². The summed E-state index contributed by atoms with van der Waals surface area (Å²) in [7, 11) is 1.97. The molecule has 25 heavy (non-hydrogen) atoms. The van der Waals surface area contributed by atoms with Gasteiger partial charge in [-0.1, -0.05) is 12.1 Å². The van der Waals surface area contributed by atoms with Gasteiger partial charge < -0.3 is 14.6 Å². The van der Waals surface area contributed by atoms with Crippen LogP contribution in [0.4, 0.5) is 0 Å². The van der Waals surface area contributed by atoms with Gasteiger partial charge in [-0.2, -0.15) is 5.10 Å². The van der Waals surface area contributed by atoms with Crippen LogP contribution in [-0.4, -0.2) is 30.4 Å². The number of ether oxygens (including phenoxy) is 1. The van der Waals surface area contributed by atoms with Crippen molar-refractivity contribution in [2.45, 2.75) is 38.6 Å². The molecular weight excluding hydrogens is 316 g/mol. The van der Waals surface area contributed by atoms with E-state index in [0.717, 1.165) is 43.3 Å². The maximum Gasteiger partial charge on any atom is 0.146 e. The molecule has 0 fully saturated rings. The highest BCUT2D eigenvalue weighted by molar-refractivity contribution is 5.27. The van der Waals surface area contributed by atoms with Crippen LogP contribution in [0.3, 0.4) is 0 Å². The predicted molar refractivity (Wildman–Crippen MR) is 93.0 cm³/mol. The molecule has 2 aromatic heterocycles. The van der Waals surface area contributed by atoms with E-state index in [1.165, 1.54) is 5.56 Å². The Morgan fingerprint density at radius 2 is 2.12 bits per heavy atom. The topological polar surface area (TPSA) is 69.8 Å². The Bertz CT molecular complexity index is 822. The van der Waals surface area contributed by atoms with Crippen LogP contribution < -0.4 is 10.1 Å². The van der Waals surface area contributed by atoms with Gasteiger partial charge in [0.15, 0.2) is 0 Å². The Hall–Kier alpha value is -2.67. The largest absolute Gasteiger partial charge is 0.486 e. The molecule has 7 nitrogen and oxygen atoms in total. The third kappa shape index (κ3) is 3.71. The van der Waals surface area contributed by atoms with Crippen molar-refractivity contribution in [3.05, 3.63) is 60.2 Å². The Kier molecular flexibility index (Phi) is 4.47. The van der Waals surface area contributed by atoms with Crippen LogP contribution in [0.2, 0.25) is 0 Å². The summed E-state index contributed by atoms with van der Waals surface area (Å²) < 4.78 is 9.75. The third-order valence-electron chi connectivity index (χ3n) is 4.61. The molecule has 0 amide bonds. The number of fused-ring (bicyclic) bond motifs is 1. The first kappa shape index (κ1) is 15.8. The summed E-state index contributed by atoms with van der Waals surface area (Å²) in [5.41, 5.74) is 1.24. The fraction of sp³-hybridized carbons (Fsp3) is 0.389. The summed E-state index contributed by atoms with van der Waals surface area (Å²) in [6.07, 6.45) is 7.42. The molecule has 4 rings (SSSR count). The highest BCUT2D eigenvalue weighted by Crippen LogP contribution is 2.15. The standard InChI is InChI=1S/C18H22N6O/c1-23-9-8-19-18(23)12-25-16-5-2-14(3-6-16)10-20-15-4-7-17-21-13-22-24(17)11-15/h2-3,5-6,8-9,13,15,20H,4,7,10-12H2,1H3. The van der Waals surface area contributed by atoms with Crippen LogP contribution in [0.5, 0.6) is 5.75 Å². The fourth-order valence-corrected chi connectivity index (χ4v) is 3.05. The Morgan fingerprint density at radius 1 is 1.24 bits per heavy atom. The zero-order valence-electron chi connectivity index (χ0n) is 14.3. The number of nitrogens with zero attached hydrogens (tertiary/aromatic N) is 5. The number of benzene rings is 1. The van der Waals surface area contributed by atoms with Gasteiger partial charge in [-0.3, -0.25) is 0 Å². The van der Waals surface area contributed by atoms with Crippen molar-refractivity contribution in [2.75, 3.05) is 0 Å². The van der Waals surface area contributed by atoms with Crippen molar-refractivity contribution >= 4 is 0 Å². The molecule has 3 heterocycles. The molecule has 1 N–H and O–H groups in total. The summed E-state index contributed by atoms with van der Waals surface area (Å²) in [5, 5.41) is 7.87. The van der Waals surface area contributed by atoms with Gasteiger partial charge in [0.1, 0.15) is 30.3 Å². The minimum Gasteiger partial charge on any atom is -0.486 e. The molecule has 0 aliphatic carbocycles. The Labute approximate surface area is 146 Å². The van der Waals surface area contributed by atoms with E-state index in [1.807, 2.05) is 34.6 Å². The SMILES string of the molecule is Cn1ccnc1COc1ccc(CNC2CCc3ncnn3C2)cc1. The number of aryl methyl sites for hydroxylation is 2. The first-order chi connectivity index (χ1) is 12.3. The molecule has 0 saturated heterocycles. The second-order valence-electron chi connectivity index (χ2n) is 6.36. The average molecular weight is 338 g/mol. The van der Waals surface area contributed by atoms with Gasteiger partial charge in [0.05, 0.1) is 6.54 Å². The number of imidazole rings is 1. The number of hydrogen-bond acceptors (Lipinski definition) is 5. The molecule has 3 aromatic rings. The molecule has 0 saturated carbocycles. The zero-order chi connectivity index (χ0) is 17.1. The maximum atomic E-state index is 5.79. The molecule has 0 radical (unpaired) electrons. The first-order valence-corrected chi connectivity index (χ1v) is 8.56. The van der Waals surface area contributed by atoms with Crippen LogP contribution in [-0.2, 0) is 33.2 Å². The van der Waals surface area contributed by atoms with E-state index in [0.29, 0.717) is 12.6 Å². The lowest BCUT2D eigenvalue weighted by Gasteiger charge is -2.23. The van der Waals surface area contributed by atoms with E-state index in [4.69, 9.17) is 4.74 Å². The van der Waals surface area contributed by atoms with E-state index in [-0.39, 0.29) is 0 Å². The van der Waals surface area contributed by atoms with Crippen LogP contribution in [0.1, 0.15) is 23.6 Å². The zero-order valence-corrected chi connectivity index (χ0v) is 14.3. The summed E-state index contributed by atoms with van der Waals surface area (Å²) in [6.45, 7) is 2.21. The molecule has 1 atom stereocenters. The second-order valence-corrected chi connectivity index (χ2v) is 6.36. The van der Waals surface area contributed by atoms with E-state index in [1.54, 1.807) is 12.5 Å². The van der Waals surface area contributed by atoms with Gasteiger partial charge in [-0.15, -0.1) is 0 Å². The lowest BCUT2D eigenvalue weighted by Crippen LogP contribution is -2.37. The minimum absolute atomic E-state index is 0.438. The normalized spacial score (nSPS) is 16.6. The van der Waals surface area contributed by atoms with Crippen molar-refractivity contribution in [3.8, 4) is 5.75 Å². The average Bonchev–Trinajstić information content (AvgIpc) is 3.27. The van der Waals surface area contributed by atoms with Crippen molar-refractivity contribution in [1.29, 1.82) is 0 Å². The van der Waals surface area contributed by atoms with Crippen molar-refractivity contribution in [3.63, 3.8) is 0 Å². The fourth-order valence-electron chi connectivity index (χ4n) is 3.05. The van der Waals surface area contributed by atoms with Gasteiger partial charge >= 0.3 is 0 Å². The molecular formula is C18H22N6O. The van der Waals surface area contributed by atoms with E-state index >= 15 is 0 Å². The maximum absolute atomic E-state index is 5.79. The highest BCUT2D eigenvalue weighted by atomic mass is 16.5. The number of nitrogens with one attached hydrogen (secondary N) is 1. The van der Waals surface area contributed by atoms with Gasteiger partial charge in [-0.25, -0.2) is 14.6 Å². The molecule has 130 valence electrons. The lowest BCUT2D eigenvalue weighted by atomic mass is 10.1. The quantitative estimate of drug-likeness (QED) is 0.741. The van der Waals surface area contributed by atoms with Gasteiger partial charge in [0.25, 0.3) is 0 Å². The van der Waals surface area contributed by atoms with Crippen LogP contribution >= 0.6 is 0 Å². The summed E-state index contributed by atoms with van der Waals surface area (Å²) in [4.78, 5) is 8.52. The van der Waals surface area contributed by atoms with Gasteiger partial charge in [0.2, 0.25) is 0 Å². The van der Waals surface area contributed by atoms with E-state index in [2.05, 4.69) is 32.5 Å². The monoisotopic (exact) mass is 338 g/mol. The minimum atomic E-state index is 0.438. The second kappa shape index (κ2) is 7.06. The van der Waals surface area contributed by atoms with Crippen molar-refractivity contribution in [2.24, 2.45) is 7.05 Å². The molecule has 0 spiro atoms. The summed E-state index contributed by atoms with van der Waals surface area (Å²) in [6, 6.07) is 8.66. The molecule has 7 heteroatoms. The van der Waals surface area contributed by atoms with Gasteiger partial charge in [0, 0.05) is 38.4 Å². The van der Waals surface area contributed by atoms with E-state index < -0.39 is 0 Å². The first-order valence-electron chi connectivity index (χ1n) is 8.56. The third-order valence-corrected chi connectivity index (χ3v) is 4.61.